The van der Waals surface area contributed by atoms with E-state index in [0.717, 1.165) is 17.1 Å². The smallest absolute Gasteiger partial charge is 0.127 e. The maximum atomic E-state index is 9.37. The number of aliphatic hydroxyl groups is 1. The van der Waals surface area contributed by atoms with Crippen molar-refractivity contribution in [2.75, 3.05) is 6.61 Å². The number of ether oxygens (including phenoxy) is 1. The lowest BCUT2D eigenvalue weighted by Crippen LogP contribution is -2.32. The summed E-state index contributed by atoms with van der Waals surface area (Å²) in [7, 11) is 0. The van der Waals surface area contributed by atoms with Crippen molar-refractivity contribution in [2.24, 2.45) is 11.1 Å². The lowest BCUT2D eigenvalue weighted by Gasteiger charge is -2.29. The van der Waals surface area contributed by atoms with Crippen LogP contribution in [0.15, 0.2) is 54.6 Å². The van der Waals surface area contributed by atoms with Crippen molar-refractivity contribution in [2.45, 2.75) is 19.9 Å². The molecule has 2 rings (SSSR count). The molecule has 0 bridgehead atoms. The SMILES string of the molecule is CC(C)(CO)[C@H](N)c1ccc(Oc2ccccc2)cc1.Cl. The Balaban J connectivity index is 0.00000220. The van der Waals surface area contributed by atoms with E-state index >= 15 is 0 Å². The monoisotopic (exact) mass is 307 g/mol. The number of aliphatic hydroxyl groups excluding tert-OH is 1. The molecule has 21 heavy (non-hydrogen) atoms. The van der Waals surface area contributed by atoms with Crippen LogP contribution in [-0.2, 0) is 0 Å². The molecule has 4 heteroatoms. The van der Waals surface area contributed by atoms with Gasteiger partial charge in [0.15, 0.2) is 0 Å². The second-order valence-electron chi connectivity index (χ2n) is 5.61. The zero-order chi connectivity index (χ0) is 14.6. The molecular formula is C17H22ClNO2. The van der Waals surface area contributed by atoms with Gasteiger partial charge in [-0.05, 0) is 29.8 Å². The number of rotatable bonds is 5. The molecule has 114 valence electrons. The van der Waals surface area contributed by atoms with Crippen LogP contribution in [0.2, 0.25) is 0 Å². The molecule has 0 aliphatic heterocycles. The Labute approximate surface area is 132 Å². The average molecular weight is 308 g/mol. The average Bonchev–Trinajstić information content (AvgIpc) is 2.48. The fourth-order valence-electron chi connectivity index (χ4n) is 1.92. The van der Waals surface area contributed by atoms with Gasteiger partial charge >= 0.3 is 0 Å². The van der Waals surface area contributed by atoms with Gasteiger partial charge in [-0.15, -0.1) is 12.4 Å². The topological polar surface area (TPSA) is 55.5 Å². The summed E-state index contributed by atoms with van der Waals surface area (Å²) in [4.78, 5) is 0. The third kappa shape index (κ3) is 4.46. The first-order valence-electron chi connectivity index (χ1n) is 6.72. The van der Waals surface area contributed by atoms with Crippen molar-refractivity contribution in [3.05, 3.63) is 60.2 Å². The highest BCUT2D eigenvalue weighted by atomic mass is 35.5. The van der Waals surface area contributed by atoms with Crippen LogP contribution in [0.1, 0.15) is 25.5 Å². The van der Waals surface area contributed by atoms with Crippen molar-refractivity contribution in [3.63, 3.8) is 0 Å². The van der Waals surface area contributed by atoms with E-state index in [1.807, 2.05) is 68.4 Å². The van der Waals surface area contributed by atoms with E-state index in [2.05, 4.69) is 0 Å². The van der Waals surface area contributed by atoms with E-state index in [1.54, 1.807) is 0 Å². The molecule has 2 aromatic rings. The molecule has 0 aliphatic carbocycles. The van der Waals surface area contributed by atoms with Crippen molar-refractivity contribution < 1.29 is 9.84 Å². The molecule has 1 atom stereocenters. The first-order valence-corrected chi connectivity index (χ1v) is 6.72. The van der Waals surface area contributed by atoms with E-state index < -0.39 is 0 Å². The molecule has 3 N–H and O–H groups in total. The van der Waals surface area contributed by atoms with E-state index in [4.69, 9.17) is 10.5 Å². The normalized spacial score (nSPS) is 12.4. The third-order valence-corrected chi connectivity index (χ3v) is 3.47. The Morgan fingerprint density at radius 3 is 2.05 bits per heavy atom. The summed E-state index contributed by atoms with van der Waals surface area (Å²) in [6, 6.07) is 17.1. The van der Waals surface area contributed by atoms with Gasteiger partial charge in [0.05, 0.1) is 0 Å². The molecular weight excluding hydrogens is 286 g/mol. The van der Waals surface area contributed by atoms with Crippen molar-refractivity contribution in [1.82, 2.24) is 0 Å². The highest BCUT2D eigenvalue weighted by Gasteiger charge is 2.26. The molecule has 0 aromatic heterocycles. The number of para-hydroxylation sites is 1. The summed E-state index contributed by atoms with van der Waals surface area (Å²) in [6.45, 7) is 3.95. The van der Waals surface area contributed by atoms with Gasteiger partial charge < -0.3 is 15.6 Å². The van der Waals surface area contributed by atoms with Gasteiger partial charge in [-0.25, -0.2) is 0 Å². The molecule has 0 heterocycles. The summed E-state index contributed by atoms with van der Waals surface area (Å²) in [5, 5.41) is 9.37. The minimum atomic E-state index is -0.345. The summed E-state index contributed by atoms with van der Waals surface area (Å²) in [5.41, 5.74) is 6.83. The predicted octanol–water partition coefficient (Wildman–Crippen LogP) is 3.92. The van der Waals surface area contributed by atoms with E-state index in [-0.39, 0.29) is 30.5 Å². The number of hydrogen-bond donors (Lipinski definition) is 2. The number of hydrogen-bond acceptors (Lipinski definition) is 3. The van der Waals surface area contributed by atoms with Crippen LogP contribution < -0.4 is 10.5 Å². The highest BCUT2D eigenvalue weighted by molar-refractivity contribution is 5.85. The van der Waals surface area contributed by atoms with E-state index in [0.29, 0.717) is 0 Å². The summed E-state index contributed by atoms with van der Waals surface area (Å²) in [6.07, 6.45) is 0. The largest absolute Gasteiger partial charge is 0.457 e. The minimum Gasteiger partial charge on any atom is -0.457 e. The fraction of sp³-hybridized carbons (Fsp3) is 0.294. The molecule has 0 saturated heterocycles. The number of halogens is 1. The van der Waals surface area contributed by atoms with Crippen molar-refractivity contribution in [3.8, 4) is 11.5 Å². The molecule has 2 aromatic carbocycles. The highest BCUT2D eigenvalue weighted by Crippen LogP contribution is 2.32. The van der Waals surface area contributed by atoms with Crippen molar-refractivity contribution >= 4 is 12.4 Å². The first-order chi connectivity index (χ1) is 9.53. The Kier molecular flexibility index (Phi) is 6.21. The Morgan fingerprint density at radius 2 is 1.52 bits per heavy atom. The predicted molar refractivity (Wildman–Crippen MR) is 88.0 cm³/mol. The summed E-state index contributed by atoms with van der Waals surface area (Å²) < 4.78 is 5.73. The van der Waals surface area contributed by atoms with Gasteiger partial charge in [0, 0.05) is 18.1 Å². The molecule has 0 aliphatic rings. The standard InChI is InChI=1S/C17H21NO2.ClH/c1-17(2,12-19)16(18)13-8-10-15(11-9-13)20-14-6-4-3-5-7-14;/h3-11,16,19H,12,18H2,1-2H3;1H/t16-;/m1./s1. The zero-order valence-electron chi connectivity index (χ0n) is 12.3. The lowest BCUT2D eigenvalue weighted by atomic mass is 9.82. The molecule has 0 radical (unpaired) electrons. The lowest BCUT2D eigenvalue weighted by molar-refractivity contribution is 0.132. The Bertz CT molecular complexity index is 540. The second kappa shape index (κ2) is 7.46. The maximum Gasteiger partial charge on any atom is 0.127 e. The zero-order valence-corrected chi connectivity index (χ0v) is 13.1. The van der Waals surface area contributed by atoms with Crippen LogP contribution in [-0.4, -0.2) is 11.7 Å². The van der Waals surface area contributed by atoms with E-state index in [1.165, 1.54) is 0 Å². The van der Waals surface area contributed by atoms with Gasteiger partial charge in [0.1, 0.15) is 11.5 Å². The fourth-order valence-corrected chi connectivity index (χ4v) is 1.92. The van der Waals surface area contributed by atoms with Gasteiger partial charge in [-0.1, -0.05) is 44.2 Å². The Morgan fingerprint density at radius 1 is 1.00 bits per heavy atom. The van der Waals surface area contributed by atoms with Gasteiger partial charge in [-0.3, -0.25) is 0 Å². The molecule has 0 saturated carbocycles. The quantitative estimate of drug-likeness (QED) is 0.880. The van der Waals surface area contributed by atoms with Crippen LogP contribution in [0.4, 0.5) is 0 Å². The van der Waals surface area contributed by atoms with E-state index in [9.17, 15) is 5.11 Å². The molecule has 0 unspecified atom stereocenters. The van der Waals surface area contributed by atoms with Crippen LogP contribution in [0, 0.1) is 5.41 Å². The summed E-state index contributed by atoms with van der Waals surface area (Å²) >= 11 is 0. The second-order valence-corrected chi connectivity index (χ2v) is 5.61. The van der Waals surface area contributed by atoms with Crippen molar-refractivity contribution in [1.29, 1.82) is 0 Å². The number of benzene rings is 2. The van der Waals surface area contributed by atoms with Crippen LogP contribution in [0.3, 0.4) is 0 Å². The molecule has 3 nitrogen and oxygen atoms in total. The number of nitrogens with two attached hydrogens (primary N) is 1. The Hall–Kier alpha value is -1.55. The molecule has 0 fully saturated rings. The van der Waals surface area contributed by atoms with Crippen LogP contribution >= 0.6 is 12.4 Å². The van der Waals surface area contributed by atoms with Gasteiger partial charge in [0.2, 0.25) is 0 Å². The van der Waals surface area contributed by atoms with Gasteiger partial charge in [0.25, 0.3) is 0 Å². The maximum absolute atomic E-state index is 9.37. The molecule has 0 amide bonds. The van der Waals surface area contributed by atoms with Crippen LogP contribution in [0.25, 0.3) is 0 Å². The first kappa shape index (κ1) is 17.5. The van der Waals surface area contributed by atoms with Crippen LogP contribution in [0.5, 0.6) is 11.5 Å². The minimum absolute atomic E-state index is 0. The molecule has 0 spiro atoms. The third-order valence-electron chi connectivity index (χ3n) is 3.47. The van der Waals surface area contributed by atoms with Gasteiger partial charge in [-0.2, -0.15) is 0 Å². The summed E-state index contributed by atoms with van der Waals surface area (Å²) in [5.74, 6) is 1.58.